The molecule has 138 valence electrons. The van der Waals surface area contributed by atoms with Crippen molar-refractivity contribution >= 4 is 0 Å². The van der Waals surface area contributed by atoms with Crippen molar-refractivity contribution in [1.29, 1.82) is 0 Å². The van der Waals surface area contributed by atoms with Crippen LogP contribution in [0.3, 0.4) is 0 Å². The lowest BCUT2D eigenvalue weighted by Gasteiger charge is -2.20. The van der Waals surface area contributed by atoms with E-state index in [2.05, 4.69) is 65.8 Å². The number of hydrogen-bond donors (Lipinski definition) is 0. The molecule has 0 unspecified atom stereocenters. The molecule has 0 aromatic heterocycles. The predicted octanol–water partition coefficient (Wildman–Crippen LogP) is 8.75. The molecule has 1 rings (SSSR count). The van der Waals surface area contributed by atoms with E-state index < -0.39 is 0 Å². The summed E-state index contributed by atoms with van der Waals surface area (Å²) in [5.74, 6) is 1.58. The monoisotopic (exact) mass is 322 g/mol. The number of hydrogen-bond acceptors (Lipinski definition) is 0. The Morgan fingerprint density at radius 2 is 1.48 bits per heavy atom. The highest BCUT2D eigenvalue weighted by Gasteiger charge is 2.11. The molecule has 0 radical (unpaired) electrons. The highest BCUT2D eigenvalue weighted by atomic mass is 14.2. The molecule has 0 aromatic carbocycles. The molecule has 0 heterocycles. The van der Waals surface area contributed by atoms with Gasteiger partial charge < -0.3 is 0 Å². The van der Waals surface area contributed by atoms with Crippen molar-refractivity contribution in [3.8, 4) is 0 Å². The van der Waals surface area contributed by atoms with Gasteiger partial charge in [0, 0.05) is 0 Å². The van der Waals surface area contributed by atoms with Gasteiger partial charge in [0.2, 0.25) is 0 Å². The summed E-state index contributed by atoms with van der Waals surface area (Å²) in [5, 5.41) is 0. The molecule has 23 heavy (non-hydrogen) atoms. The molecule has 0 heteroatoms. The first-order valence-electron chi connectivity index (χ1n) is 10.0. The summed E-state index contributed by atoms with van der Waals surface area (Å²) in [5.41, 5.74) is 3.03. The highest BCUT2D eigenvalue weighted by Crippen LogP contribution is 2.28. The molecule has 0 nitrogen and oxygen atoms in total. The lowest BCUT2D eigenvalue weighted by atomic mass is 9.86. The molecule has 0 aromatic rings. The van der Waals surface area contributed by atoms with Crippen LogP contribution in [0.2, 0.25) is 0 Å². The van der Waals surface area contributed by atoms with E-state index in [9.17, 15) is 0 Å². The van der Waals surface area contributed by atoms with Crippen LogP contribution in [0.1, 0.15) is 101 Å². The van der Waals surface area contributed by atoms with Crippen molar-refractivity contribution in [2.45, 2.75) is 101 Å². The Kier molecular flexibility index (Phi) is 25.0. The van der Waals surface area contributed by atoms with E-state index in [1.165, 1.54) is 37.7 Å². The van der Waals surface area contributed by atoms with Crippen LogP contribution in [0.4, 0.5) is 0 Å². The smallest absolute Gasteiger partial charge is 0.0287 e. The second-order valence-electron chi connectivity index (χ2n) is 6.23. The zero-order chi connectivity index (χ0) is 18.7. The van der Waals surface area contributed by atoms with Crippen molar-refractivity contribution in [3.63, 3.8) is 0 Å². The van der Waals surface area contributed by atoms with Gasteiger partial charge in [0.05, 0.1) is 0 Å². The van der Waals surface area contributed by atoms with Crippen molar-refractivity contribution < 1.29 is 0 Å². The van der Waals surface area contributed by atoms with E-state index in [0.29, 0.717) is 5.92 Å². The van der Waals surface area contributed by atoms with Crippen molar-refractivity contribution in [2.75, 3.05) is 0 Å². The van der Waals surface area contributed by atoms with E-state index in [4.69, 9.17) is 0 Å². The van der Waals surface area contributed by atoms with Gasteiger partial charge in [0.25, 0.3) is 0 Å². The minimum absolute atomic E-state index is 0.646. The molecular weight excluding hydrogens is 276 g/mol. The average molecular weight is 323 g/mol. The van der Waals surface area contributed by atoms with E-state index in [1.807, 2.05) is 27.7 Å². The fourth-order valence-corrected chi connectivity index (χ4v) is 2.08. The minimum Gasteiger partial charge on any atom is -0.0820 e. The summed E-state index contributed by atoms with van der Waals surface area (Å²) in [6.45, 7) is 21.2. The zero-order valence-electron chi connectivity index (χ0n) is 18.0. The van der Waals surface area contributed by atoms with E-state index in [0.717, 1.165) is 5.92 Å². The van der Waals surface area contributed by atoms with Gasteiger partial charge in [-0.25, -0.2) is 0 Å². The standard InChI is InChI=1S/C16H26.C3H8.2C2H6/c1-13(2)6-5-7-15(4)12-16-10-8-14(3)9-11-16;1-3-2;2*1-2/h5-7,12-14H,8-11H2,1-4H3;3H2,1-2H3;2*1-2H3/b6-5-,15-7+,16-12?;;;. The van der Waals surface area contributed by atoms with E-state index in [-0.39, 0.29) is 0 Å². The van der Waals surface area contributed by atoms with Gasteiger partial charge in [-0.3, -0.25) is 0 Å². The van der Waals surface area contributed by atoms with Crippen LogP contribution in [0, 0.1) is 11.8 Å². The molecular formula is C23H46. The molecule has 0 amide bonds. The fraction of sp³-hybridized carbons (Fsp3) is 0.739. The summed E-state index contributed by atoms with van der Waals surface area (Å²) >= 11 is 0. The predicted molar refractivity (Wildman–Crippen MR) is 112 cm³/mol. The van der Waals surface area contributed by atoms with Gasteiger partial charge in [-0.2, -0.15) is 0 Å². The van der Waals surface area contributed by atoms with Crippen molar-refractivity contribution in [3.05, 3.63) is 35.5 Å². The SMILES string of the molecule is C/C(C=C1CCC(C)CC1)=C\C=C/C(C)C.CC.CC.CCC. The Labute approximate surface area is 149 Å². The van der Waals surface area contributed by atoms with Gasteiger partial charge in [0.1, 0.15) is 0 Å². The Morgan fingerprint density at radius 1 is 1.04 bits per heavy atom. The van der Waals surface area contributed by atoms with Crippen LogP contribution in [0.15, 0.2) is 35.5 Å². The largest absolute Gasteiger partial charge is 0.0820 e. The Bertz CT molecular complexity index is 292. The highest BCUT2D eigenvalue weighted by molar-refractivity contribution is 5.26. The summed E-state index contributed by atoms with van der Waals surface area (Å²) in [7, 11) is 0. The quantitative estimate of drug-likeness (QED) is 0.455. The van der Waals surface area contributed by atoms with Crippen LogP contribution in [-0.4, -0.2) is 0 Å². The lowest BCUT2D eigenvalue weighted by molar-refractivity contribution is 0.444. The minimum atomic E-state index is 0.646. The maximum Gasteiger partial charge on any atom is -0.0287 e. The molecule has 0 bridgehead atoms. The van der Waals surface area contributed by atoms with Gasteiger partial charge in [-0.15, -0.1) is 0 Å². The third-order valence-electron chi connectivity index (χ3n) is 3.20. The summed E-state index contributed by atoms with van der Waals surface area (Å²) in [6, 6.07) is 0. The zero-order valence-corrected chi connectivity index (χ0v) is 18.0. The number of rotatable bonds is 3. The topological polar surface area (TPSA) is 0 Å². The van der Waals surface area contributed by atoms with Crippen LogP contribution >= 0.6 is 0 Å². The first kappa shape index (κ1) is 27.1. The Morgan fingerprint density at radius 3 is 1.87 bits per heavy atom. The first-order chi connectivity index (χ1) is 11.0. The Hall–Kier alpha value is -0.780. The maximum atomic E-state index is 2.39. The Balaban J connectivity index is -0.000000496. The van der Waals surface area contributed by atoms with Crippen molar-refractivity contribution in [2.24, 2.45) is 11.8 Å². The van der Waals surface area contributed by atoms with Crippen LogP contribution in [-0.2, 0) is 0 Å². The lowest BCUT2D eigenvalue weighted by Crippen LogP contribution is -2.03. The second kappa shape index (κ2) is 21.2. The summed E-state index contributed by atoms with van der Waals surface area (Å²) in [4.78, 5) is 0. The molecule has 0 spiro atoms. The molecule has 0 aliphatic heterocycles. The summed E-state index contributed by atoms with van der Waals surface area (Å²) in [6.07, 6.45) is 15.7. The molecule has 0 N–H and O–H groups in total. The van der Waals surface area contributed by atoms with Gasteiger partial charge in [-0.1, -0.05) is 104 Å². The van der Waals surface area contributed by atoms with E-state index in [1.54, 1.807) is 5.57 Å². The van der Waals surface area contributed by atoms with Crippen LogP contribution in [0.5, 0.6) is 0 Å². The number of allylic oxidation sites excluding steroid dienone is 6. The molecule has 0 saturated heterocycles. The van der Waals surface area contributed by atoms with E-state index >= 15 is 0 Å². The molecule has 1 fully saturated rings. The third-order valence-corrected chi connectivity index (χ3v) is 3.20. The molecule has 0 atom stereocenters. The molecule has 1 saturated carbocycles. The second-order valence-corrected chi connectivity index (χ2v) is 6.23. The van der Waals surface area contributed by atoms with Gasteiger partial charge in [0.15, 0.2) is 0 Å². The summed E-state index contributed by atoms with van der Waals surface area (Å²) < 4.78 is 0. The average Bonchev–Trinajstić information content (AvgIpc) is 2.54. The normalized spacial score (nSPS) is 17.4. The molecule has 1 aliphatic carbocycles. The van der Waals surface area contributed by atoms with Crippen molar-refractivity contribution in [1.82, 2.24) is 0 Å². The first-order valence-corrected chi connectivity index (χ1v) is 10.0. The third kappa shape index (κ3) is 21.2. The van der Waals surface area contributed by atoms with Crippen LogP contribution < -0.4 is 0 Å². The van der Waals surface area contributed by atoms with Crippen LogP contribution in [0.25, 0.3) is 0 Å². The fourth-order valence-electron chi connectivity index (χ4n) is 2.08. The van der Waals surface area contributed by atoms with Gasteiger partial charge in [-0.05, 0) is 44.4 Å². The maximum absolute atomic E-state index is 2.39. The van der Waals surface area contributed by atoms with Gasteiger partial charge >= 0.3 is 0 Å². The molecule has 1 aliphatic rings.